The van der Waals surface area contributed by atoms with Crippen molar-refractivity contribution in [2.24, 2.45) is 10.4 Å². The smallest absolute Gasteiger partial charge is 0.314 e. The maximum Gasteiger partial charge on any atom is 0.314 e. The number of hydrogen-bond acceptors (Lipinski definition) is 7. The number of thiazole rings is 1. The van der Waals surface area contributed by atoms with Crippen LogP contribution in [0, 0.1) is 5.41 Å². The van der Waals surface area contributed by atoms with E-state index < -0.39 is 5.41 Å². The first-order valence-electron chi connectivity index (χ1n) is 9.78. The van der Waals surface area contributed by atoms with Crippen LogP contribution in [0.25, 0.3) is 0 Å². The van der Waals surface area contributed by atoms with Crippen LogP contribution in [0.15, 0.2) is 52.3 Å². The summed E-state index contributed by atoms with van der Waals surface area (Å²) in [5.74, 6) is 0.370. The largest absolute Gasteiger partial charge is 0.465 e. The Kier molecular flexibility index (Phi) is 5.00. The summed E-state index contributed by atoms with van der Waals surface area (Å²) in [5.41, 5.74) is 0.0670. The second-order valence-corrected chi connectivity index (χ2v) is 9.38. The Morgan fingerprint density at radius 1 is 1.23 bits per heavy atom. The van der Waals surface area contributed by atoms with Crippen LogP contribution in [0.5, 0.6) is 0 Å². The van der Waals surface area contributed by atoms with E-state index in [1.807, 2.05) is 45.7 Å². The van der Waals surface area contributed by atoms with E-state index in [9.17, 15) is 9.59 Å². The van der Waals surface area contributed by atoms with Gasteiger partial charge in [0.05, 0.1) is 18.6 Å². The second kappa shape index (κ2) is 7.81. The van der Waals surface area contributed by atoms with Gasteiger partial charge in [-0.3, -0.25) is 9.59 Å². The van der Waals surface area contributed by atoms with Gasteiger partial charge in [0.1, 0.15) is 5.69 Å². The number of cyclic esters (lactones) is 1. The fourth-order valence-electron chi connectivity index (χ4n) is 3.99. The summed E-state index contributed by atoms with van der Waals surface area (Å²) in [6, 6.07) is 9.62. The average molecular weight is 441 g/mol. The number of aromatic nitrogens is 2. The monoisotopic (exact) mass is 440 g/mol. The molecule has 1 atom stereocenters. The average Bonchev–Trinajstić information content (AvgIpc) is 3.55. The van der Waals surface area contributed by atoms with E-state index >= 15 is 0 Å². The summed E-state index contributed by atoms with van der Waals surface area (Å²) in [6.45, 7) is 2.00. The van der Waals surface area contributed by atoms with E-state index in [0.717, 1.165) is 9.68 Å². The molecular weight excluding hydrogens is 420 g/mol. The highest BCUT2D eigenvalue weighted by molar-refractivity contribution is 7.10. The van der Waals surface area contributed by atoms with Gasteiger partial charge in [-0.05, 0) is 36.4 Å². The molecule has 3 aromatic rings. The van der Waals surface area contributed by atoms with Crippen molar-refractivity contribution in [3.05, 3.63) is 62.7 Å². The van der Waals surface area contributed by atoms with Crippen LogP contribution in [-0.2, 0) is 16.1 Å². The van der Waals surface area contributed by atoms with Gasteiger partial charge in [-0.1, -0.05) is 12.1 Å². The topological polar surface area (TPSA) is 76.8 Å². The Hall–Kier alpha value is -2.78. The molecule has 5 rings (SSSR count). The Morgan fingerprint density at radius 3 is 2.90 bits per heavy atom. The molecule has 2 fully saturated rings. The number of hydrogen-bond donors (Lipinski definition) is 0. The summed E-state index contributed by atoms with van der Waals surface area (Å²) in [7, 11) is 0. The van der Waals surface area contributed by atoms with Gasteiger partial charge < -0.3 is 14.2 Å². The molecule has 0 saturated carbocycles. The fraction of sp³-hybridized carbons (Fsp3) is 0.333. The minimum atomic E-state index is -0.522. The predicted molar refractivity (Wildman–Crippen MR) is 114 cm³/mol. The molecule has 0 aliphatic carbocycles. The Labute approximate surface area is 181 Å². The molecule has 2 aliphatic heterocycles. The summed E-state index contributed by atoms with van der Waals surface area (Å²) in [6.07, 6.45) is 3.05. The molecule has 0 radical (unpaired) electrons. The number of thiophene rings is 1. The Balaban J connectivity index is 1.49. The van der Waals surface area contributed by atoms with Crippen molar-refractivity contribution in [3.63, 3.8) is 0 Å². The molecule has 0 bridgehead atoms. The highest BCUT2D eigenvalue weighted by Gasteiger charge is 2.50. The summed E-state index contributed by atoms with van der Waals surface area (Å²) in [5, 5.41) is 3.88. The lowest BCUT2D eigenvalue weighted by molar-refractivity contribution is -0.145. The van der Waals surface area contributed by atoms with Gasteiger partial charge in [-0.25, -0.2) is 9.98 Å². The first-order valence-corrected chi connectivity index (χ1v) is 11.5. The molecule has 0 N–H and O–H groups in total. The lowest BCUT2D eigenvalue weighted by Crippen LogP contribution is -2.36. The number of carbonyl (C=O) groups excluding carboxylic acids is 2. The Morgan fingerprint density at radius 2 is 2.17 bits per heavy atom. The van der Waals surface area contributed by atoms with Gasteiger partial charge >= 0.3 is 5.97 Å². The van der Waals surface area contributed by atoms with Crippen molar-refractivity contribution in [1.82, 2.24) is 14.5 Å². The predicted octanol–water partition coefficient (Wildman–Crippen LogP) is 3.07. The first kappa shape index (κ1) is 19.2. The van der Waals surface area contributed by atoms with Gasteiger partial charge in [0.15, 0.2) is 10.6 Å². The number of ether oxygens (including phenoxy) is 1. The molecule has 0 aromatic carbocycles. The normalized spacial score (nSPS) is 21.5. The summed E-state index contributed by atoms with van der Waals surface area (Å²) < 4.78 is 7.14. The number of nitrogens with zero attached hydrogens (tertiary/aromatic N) is 4. The molecule has 3 aromatic heterocycles. The van der Waals surface area contributed by atoms with E-state index in [0.29, 0.717) is 50.6 Å². The van der Waals surface area contributed by atoms with Crippen LogP contribution in [-0.4, -0.2) is 46.0 Å². The number of likely N-dealkylation sites (tertiary alicyclic amines) is 1. The molecule has 1 unspecified atom stereocenters. The molecule has 7 nitrogen and oxygen atoms in total. The van der Waals surface area contributed by atoms with E-state index in [1.54, 1.807) is 22.4 Å². The van der Waals surface area contributed by atoms with Crippen LogP contribution < -0.4 is 4.80 Å². The van der Waals surface area contributed by atoms with Gasteiger partial charge in [0.25, 0.3) is 5.91 Å². The molecule has 30 heavy (non-hydrogen) atoms. The highest BCUT2D eigenvalue weighted by Crippen LogP contribution is 2.39. The minimum absolute atomic E-state index is 0.0677. The summed E-state index contributed by atoms with van der Waals surface area (Å²) >= 11 is 3.07. The molecule has 1 amide bonds. The quantitative estimate of drug-likeness (QED) is 0.584. The van der Waals surface area contributed by atoms with Crippen LogP contribution in [0.3, 0.4) is 0 Å². The molecular formula is C21H20N4O3S2. The minimum Gasteiger partial charge on any atom is -0.465 e. The number of carbonyl (C=O) groups is 2. The SMILES string of the molecule is O=C(c1csc(=Nc2ccccn2)n1Cc1cccs1)N1CCC2(CCOC2=O)C1. The Bertz CT molecular complexity index is 1140. The van der Waals surface area contributed by atoms with Crippen LogP contribution in [0.2, 0.25) is 0 Å². The first-order chi connectivity index (χ1) is 14.6. The standard InChI is InChI=1S/C21H20N4O3S2/c26-18(24-9-6-21(14-24)7-10-28-19(21)27)16-13-30-20(23-17-5-1-2-8-22-17)25(16)12-15-4-3-11-29-15/h1-5,8,11,13H,6-7,9-10,12,14H2. The third-order valence-corrected chi connectivity index (χ3v) is 7.38. The third kappa shape index (κ3) is 3.48. The van der Waals surface area contributed by atoms with E-state index in [1.165, 1.54) is 11.3 Å². The number of pyridine rings is 1. The maximum absolute atomic E-state index is 13.4. The lowest BCUT2D eigenvalue weighted by atomic mass is 9.86. The molecule has 1 spiro atoms. The van der Waals surface area contributed by atoms with Gasteiger partial charge in [0, 0.05) is 29.5 Å². The molecule has 2 saturated heterocycles. The van der Waals surface area contributed by atoms with Crippen molar-refractivity contribution in [3.8, 4) is 0 Å². The van der Waals surface area contributed by atoms with Crippen LogP contribution in [0.4, 0.5) is 5.82 Å². The zero-order valence-corrected chi connectivity index (χ0v) is 17.8. The molecule has 154 valence electrons. The van der Waals surface area contributed by atoms with Crippen molar-refractivity contribution in [2.45, 2.75) is 19.4 Å². The molecule has 2 aliphatic rings. The van der Waals surface area contributed by atoms with E-state index in [2.05, 4.69) is 9.98 Å². The zero-order valence-electron chi connectivity index (χ0n) is 16.2. The van der Waals surface area contributed by atoms with Crippen LogP contribution in [0.1, 0.15) is 28.2 Å². The summed E-state index contributed by atoms with van der Waals surface area (Å²) in [4.78, 5) is 38.2. The highest BCUT2D eigenvalue weighted by atomic mass is 32.1. The van der Waals surface area contributed by atoms with Crippen molar-refractivity contribution >= 4 is 40.4 Å². The van der Waals surface area contributed by atoms with Crippen molar-refractivity contribution in [1.29, 1.82) is 0 Å². The maximum atomic E-state index is 13.4. The van der Waals surface area contributed by atoms with Crippen LogP contribution >= 0.6 is 22.7 Å². The molecule has 5 heterocycles. The van der Waals surface area contributed by atoms with Gasteiger partial charge in [-0.15, -0.1) is 22.7 Å². The van der Waals surface area contributed by atoms with Gasteiger partial charge in [0.2, 0.25) is 0 Å². The van der Waals surface area contributed by atoms with Gasteiger partial charge in [-0.2, -0.15) is 0 Å². The number of amides is 1. The molecule has 9 heteroatoms. The fourth-order valence-corrected chi connectivity index (χ4v) is 5.57. The van der Waals surface area contributed by atoms with Crippen molar-refractivity contribution in [2.75, 3.05) is 19.7 Å². The third-order valence-electron chi connectivity index (χ3n) is 5.66. The second-order valence-electron chi connectivity index (χ2n) is 7.51. The van der Waals surface area contributed by atoms with Crippen molar-refractivity contribution < 1.29 is 14.3 Å². The zero-order chi connectivity index (χ0) is 20.6. The van der Waals surface area contributed by atoms with E-state index in [-0.39, 0.29) is 11.9 Å². The van der Waals surface area contributed by atoms with E-state index in [4.69, 9.17) is 4.74 Å². The number of rotatable bonds is 4. The lowest BCUT2D eigenvalue weighted by Gasteiger charge is -2.20. The number of esters is 1.